The van der Waals surface area contributed by atoms with Crippen LogP contribution in [0, 0.1) is 11.7 Å². The number of hydrogen-bond donors (Lipinski definition) is 1. The summed E-state index contributed by atoms with van der Waals surface area (Å²) < 4.78 is 18.6. The highest BCUT2D eigenvalue weighted by molar-refractivity contribution is 5.69. The van der Waals surface area contributed by atoms with Crippen LogP contribution in [0.2, 0.25) is 0 Å². The van der Waals surface area contributed by atoms with Crippen LogP contribution in [0.4, 0.5) is 4.39 Å². The fourth-order valence-corrected chi connectivity index (χ4v) is 3.14. The van der Waals surface area contributed by atoms with Gasteiger partial charge in [0.1, 0.15) is 18.2 Å². The number of ether oxygens (including phenoxy) is 1. The van der Waals surface area contributed by atoms with Crippen molar-refractivity contribution in [2.45, 2.75) is 58.5 Å². The minimum Gasteiger partial charge on any atom is -0.489 e. The van der Waals surface area contributed by atoms with Crippen LogP contribution in [-0.2, 0) is 17.8 Å². The number of carboxylic acids is 1. The Balaban J connectivity index is 1.66. The van der Waals surface area contributed by atoms with Crippen molar-refractivity contribution < 1.29 is 19.0 Å². The van der Waals surface area contributed by atoms with Gasteiger partial charge in [-0.3, -0.25) is 4.79 Å². The molecule has 0 saturated carbocycles. The van der Waals surface area contributed by atoms with Crippen LogP contribution in [0.5, 0.6) is 5.75 Å². The number of hydrogen-bond acceptors (Lipinski definition) is 2. The molecule has 2 rings (SSSR count). The average Bonchev–Trinajstić information content (AvgIpc) is 2.67. The molecular formula is C23H29FO3. The second kappa shape index (κ2) is 11.4. The van der Waals surface area contributed by atoms with Crippen LogP contribution in [-0.4, -0.2) is 11.1 Å². The lowest BCUT2D eigenvalue weighted by molar-refractivity contribution is -0.142. The van der Waals surface area contributed by atoms with E-state index in [1.165, 1.54) is 17.7 Å². The van der Waals surface area contributed by atoms with E-state index in [4.69, 9.17) is 9.84 Å². The van der Waals surface area contributed by atoms with Crippen molar-refractivity contribution in [3.8, 4) is 5.75 Å². The Morgan fingerprint density at radius 1 is 0.963 bits per heavy atom. The molecule has 0 fully saturated rings. The molecule has 4 heteroatoms. The lowest BCUT2D eigenvalue weighted by Gasteiger charge is -2.10. The van der Waals surface area contributed by atoms with E-state index >= 15 is 0 Å². The second-order valence-electron chi connectivity index (χ2n) is 6.98. The summed E-state index contributed by atoms with van der Waals surface area (Å²) in [5.74, 6) is -0.292. The normalized spacial score (nSPS) is 11.9. The number of rotatable bonds is 12. The molecule has 0 heterocycles. The fraction of sp³-hybridized carbons (Fsp3) is 0.435. The molecule has 1 atom stereocenters. The second-order valence-corrected chi connectivity index (χ2v) is 6.98. The van der Waals surface area contributed by atoms with E-state index in [0.29, 0.717) is 6.61 Å². The summed E-state index contributed by atoms with van der Waals surface area (Å²) in [4.78, 5) is 11.1. The van der Waals surface area contributed by atoms with Crippen LogP contribution in [0.25, 0.3) is 0 Å². The van der Waals surface area contributed by atoms with E-state index in [2.05, 4.69) is 12.1 Å². The van der Waals surface area contributed by atoms with E-state index in [0.717, 1.165) is 56.3 Å². The first-order valence-corrected chi connectivity index (χ1v) is 9.77. The molecule has 0 radical (unpaired) electrons. The van der Waals surface area contributed by atoms with Crippen molar-refractivity contribution >= 4 is 5.97 Å². The van der Waals surface area contributed by atoms with Crippen LogP contribution >= 0.6 is 0 Å². The topological polar surface area (TPSA) is 46.5 Å². The average molecular weight is 372 g/mol. The minimum absolute atomic E-state index is 0.187. The van der Waals surface area contributed by atoms with Gasteiger partial charge in [-0.25, -0.2) is 4.39 Å². The molecule has 1 unspecified atom stereocenters. The maximum atomic E-state index is 12.9. The summed E-state index contributed by atoms with van der Waals surface area (Å²) in [5.41, 5.74) is 2.19. The van der Waals surface area contributed by atoms with Gasteiger partial charge in [0.25, 0.3) is 0 Å². The number of benzene rings is 2. The Hall–Kier alpha value is -2.36. The highest BCUT2D eigenvalue weighted by Crippen LogP contribution is 2.19. The van der Waals surface area contributed by atoms with Gasteiger partial charge in [-0.15, -0.1) is 0 Å². The first-order chi connectivity index (χ1) is 13.1. The fourth-order valence-electron chi connectivity index (χ4n) is 3.14. The third-order valence-corrected chi connectivity index (χ3v) is 4.75. The molecule has 0 spiro atoms. The Kier molecular flexibility index (Phi) is 8.82. The molecule has 2 aromatic rings. The van der Waals surface area contributed by atoms with Gasteiger partial charge >= 0.3 is 5.97 Å². The predicted octanol–water partition coefficient (Wildman–Crippen LogP) is 6.01. The van der Waals surface area contributed by atoms with Gasteiger partial charge in [0.2, 0.25) is 0 Å². The maximum absolute atomic E-state index is 12.9. The van der Waals surface area contributed by atoms with Crippen molar-refractivity contribution in [2.24, 2.45) is 5.92 Å². The molecule has 3 nitrogen and oxygen atoms in total. The van der Waals surface area contributed by atoms with Crippen molar-refractivity contribution in [3.05, 3.63) is 65.5 Å². The van der Waals surface area contributed by atoms with E-state index in [-0.39, 0.29) is 11.7 Å². The molecule has 0 amide bonds. The molecule has 0 aliphatic carbocycles. The lowest BCUT2D eigenvalue weighted by Crippen LogP contribution is -2.13. The van der Waals surface area contributed by atoms with Crippen LogP contribution in [0.3, 0.4) is 0 Å². The molecular weight excluding hydrogens is 343 g/mol. The molecule has 146 valence electrons. The summed E-state index contributed by atoms with van der Waals surface area (Å²) >= 11 is 0. The molecule has 2 aromatic carbocycles. The number of unbranched alkanes of at least 4 members (excludes halogenated alkanes) is 2. The van der Waals surface area contributed by atoms with Crippen molar-refractivity contribution in [3.63, 3.8) is 0 Å². The zero-order chi connectivity index (χ0) is 19.5. The van der Waals surface area contributed by atoms with Gasteiger partial charge in [-0.05, 0) is 61.1 Å². The van der Waals surface area contributed by atoms with E-state index in [1.54, 1.807) is 12.1 Å². The third kappa shape index (κ3) is 7.81. The Bertz CT molecular complexity index is 680. The van der Waals surface area contributed by atoms with Crippen LogP contribution in [0.1, 0.15) is 56.6 Å². The summed E-state index contributed by atoms with van der Waals surface area (Å²) in [7, 11) is 0. The Labute approximate surface area is 161 Å². The third-order valence-electron chi connectivity index (χ3n) is 4.75. The number of carbonyl (C=O) groups is 1. The van der Waals surface area contributed by atoms with Crippen molar-refractivity contribution in [1.29, 1.82) is 0 Å². The standard InChI is InChI=1S/C23H29FO3/c1-2-6-20(23(25)26)8-5-3-4-7-18-11-15-22(16-12-18)27-17-19-9-13-21(24)14-10-19/h9-16,20H,2-8,17H2,1H3,(H,25,26). The van der Waals surface area contributed by atoms with Gasteiger partial charge < -0.3 is 9.84 Å². The Morgan fingerprint density at radius 2 is 1.63 bits per heavy atom. The smallest absolute Gasteiger partial charge is 0.306 e. The monoisotopic (exact) mass is 372 g/mol. The number of halogens is 1. The number of aryl methyl sites for hydroxylation is 1. The number of aliphatic carboxylic acids is 1. The lowest BCUT2D eigenvalue weighted by atomic mass is 9.96. The highest BCUT2D eigenvalue weighted by Gasteiger charge is 2.15. The summed E-state index contributed by atoms with van der Waals surface area (Å²) in [6.07, 6.45) is 6.55. The minimum atomic E-state index is -0.659. The summed E-state index contributed by atoms with van der Waals surface area (Å²) in [6.45, 7) is 2.45. The largest absolute Gasteiger partial charge is 0.489 e. The van der Waals surface area contributed by atoms with E-state index in [9.17, 15) is 9.18 Å². The van der Waals surface area contributed by atoms with Crippen molar-refractivity contribution in [1.82, 2.24) is 0 Å². The van der Waals surface area contributed by atoms with E-state index < -0.39 is 5.97 Å². The highest BCUT2D eigenvalue weighted by atomic mass is 19.1. The summed E-state index contributed by atoms with van der Waals surface area (Å²) in [5, 5.41) is 9.16. The van der Waals surface area contributed by atoms with Crippen molar-refractivity contribution in [2.75, 3.05) is 0 Å². The molecule has 27 heavy (non-hydrogen) atoms. The number of carboxylic acid groups (broad SMARTS) is 1. The zero-order valence-electron chi connectivity index (χ0n) is 16.0. The molecule has 1 N–H and O–H groups in total. The van der Waals surface area contributed by atoms with Gasteiger partial charge in [-0.1, -0.05) is 50.5 Å². The van der Waals surface area contributed by atoms with Gasteiger partial charge in [0, 0.05) is 0 Å². The summed E-state index contributed by atoms with van der Waals surface area (Å²) in [6, 6.07) is 14.4. The van der Waals surface area contributed by atoms with Gasteiger partial charge in [0.05, 0.1) is 5.92 Å². The quantitative estimate of drug-likeness (QED) is 0.464. The predicted molar refractivity (Wildman–Crippen MR) is 105 cm³/mol. The van der Waals surface area contributed by atoms with Crippen LogP contribution in [0.15, 0.2) is 48.5 Å². The molecule has 0 aromatic heterocycles. The SMILES string of the molecule is CCCC(CCCCCc1ccc(OCc2ccc(F)cc2)cc1)C(=O)O. The first-order valence-electron chi connectivity index (χ1n) is 9.77. The first kappa shape index (κ1) is 20.9. The maximum Gasteiger partial charge on any atom is 0.306 e. The molecule has 0 bridgehead atoms. The molecule has 0 saturated heterocycles. The molecule has 0 aliphatic heterocycles. The van der Waals surface area contributed by atoms with Gasteiger partial charge in [-0.2, -0.15) is 0 Å². The zero-order valence-corrected chi connectivity index (χ0v) is 16.0. The van der Waals surface area contributed by atoms with Gasteiger partial charge in [0.15, 0.2) is 0 Å². The Morgan fingerprint density at radius 3 is 2.26 bits per heavy atom. The molecule has 0 aliphatic rings. The van der Waals surface area contributed by atoms with E-state index in [1.807, 2.05) is 19.1 Å². The van der Waals surface area contributed by atoms with Crippen LogP contribution < -0.4 is 4.74 Å².